The fourth-order valence-electron chi connectivity index (χ4n) is 2.30. The molecule has 2 rings (SSSR count). The van der Waals surface area contributed by atoms with Crippen molar-refractivity contribution in [3.63, 3.8) is 0 Å². The lowest BCUT2D eigenvalue weighted by molar-refractivity contribution is -0.116. The predicted octanol–water partition coefficient (Wildman–Crippen LogP) is 3.19. The van der Waals surface area contributed by atoms with Crippen LogP contribution in [-0.4, -0.2) is 37.5 Å². The number of sulfonamides is 1. The number of likely N-dealkylation sites (N-methyl/N-ethyl adjacent to an activating group) is 1. The Morgan fingerprint density at radius 2 is 1.77 bits per heavy atom. The number of benzene rings is 2. The lowest BCUT2D eigenvalue weighted by Crippen LogP contribution is -2.37. The standard InChI is InChI=1S/C18H19ClN2O4S/c1-3-21(26(24,25)17-9-7-15(19)8-10-17)12-18(23)20-16-6-4-5-14(11-16)13(2)22/h4-11H,3,12H2,1-2H3,(H,20,23). The number of nitrogens with one attached hydrogen (secondary N) is 1. The topological polar surface area (TPSA) is 83.6 Å². The number of hydrogen-bond acceptors (Lipinski definition) is 4. The van der Waals surface area contributed by atoms with E-state index < -0.39 is 15.9 Å². The highest BCUT2D eigenvalue weighted by molar-refractivity contribution is 7.89. The second-order valence-corrected chi connectivity index (χ2v) is 7.94. The van der Waals surface area contributed by atoms with Crippen LogP contribution in [0.1, 0.15) is 24.2 Å². The molecule has 2 aromatic rings. The van der Waals surface area contributed by atoms with Gasteiger partial charge in [0.25, 0.3) is 0 Å². The Morgan fingerprint density at radius 3 is 2.35 bits per heavy atom. The van der Waals surface area contributed by atoms with Gasteiger partial charge in [-0.15, -0.1) is 0 Å². The number of anilines is 1. The summed E-state index contributed by atoms with van der Waals surface area (Å²) in [6, 6.07) is 12.2. The molecule has 0 unspecified atom stereocenters. The van der Waals surface area contributed by atoms with Gasteiger partial charge in [-0.1, -0.05) is 30.7 Å². The molecule has 0 bridgehead atoms. The van der Waals surface area contributed by atoms with E-state index in [1.165, 1.54) is 31.2 Å². The number of rotatable bonds is 7. The molecule has 138 valence electrons. The maximum absolute atomic E-state index is 12.7. The fraction of sp³-hybridized carbons (Fsp3) is 0.222. The summed E-state index contributed by atoms with van der Waals surface area (Å²) in [7, 11) is -3.82. The highest BCUT2D eigenvalue weighted by Gasteiger charge is 2.25. The normalized spacial score (nSPS) is 11.4. The number of ketones is 1. The zero-order valence-corrected chi connectivity index (χ0v) is 16.0. The third-order valence-corrected chi connectivity index (χ3v) is 5.86. The Morgan fingerprint density at radius 1 is 1.12 bits per heavy atom. The molecule has 0 heterocycles. The Balaban J connectivity index is 2.14. The van der Waals surface area contributed by atoms with E-state index in [1.54, 1.807) is 31.2 Å². The van der Waals surface area contributed by atoms with Crippen LogP contribution in [0.2, 0.25) is 5.02 Å². The summed E-state index contributed by atoms with van der Waals surface area (Å²) in [5, 5.41) is 3.04. The summed E-state index contributed by atoms with van der Waals surface area (Å²) >= 11 is 5.79. The molecule has 2 aromatic carbocycles. The van der Waals surface area contributed by atoms with Crippen LogP contribution in [0.15, 0.2) is 53.4 Å². The van der Waals surface area contributed by atoms with Gasteiger partial charge in [-0.05, 0) is 43.3 Å². The van der Waals surface area contributed by atoms with E-state index in [0.717, 1.165) is 4.31 Å². The van der Waals surface area contributed by atoms with Crippen molar-refractivity contribution in [2.75, 3.05) is 18.4 Å². The molecular weight excluding hydrogens is 376 g/mol. The first-order valence-corrected chi connectivity index (χ1v) is 9.72. The van der Waals surface area contributed by atoms with Crippen LogP contribution in [-0.2, 0) is 14.8 Å². The molecule has 26 heavy (non-hydrogen) atoms. The van der Waals surface area contributed by atoms with Gasteiger partial charge >= 0.3 is 0 Å². The van der Waals surface area contributed by atoms with Crippen molar-refractivity contribution < 1.29 is 18.0 Å². The molecule has 0 saturated heterocycles. The van der Waals surface area contributed by atoms with Crippen molar-refractivity contribution >= 4 is 39.0 Å². The first-order valence-electron chi connectivity index (χ1n) is 7.90. The van der Waals surface area contributed by atoms with E-state index in [0.29, 0.717) is 16.3 Å². The van der Waals surface area contributed by atoms with E-state index in [9.17, 15) is 18.0 Å². The van der Waals surface area contributed by atoms with Gasteiger partial charge in [-0.25, -0.2) is 8.42 Å². The van der Waals surface area contributed by atoms with Crippen LogP contribution < -0.4 is 5.32 Å². The third kappa shape index (κ3) is 4.91. The van der Waals surface area contributed by atoms with Crippen LogP contribution in [0, 0.1) is 0 Å². The summed E-state index contributed by atoms with van der Waals surface area (Å²) in [5.41, 5.74) is 0.895. The summed E-state index contributed by atoms with van der Waals surface area (Å²) in [6.07, 6.45) is 0. The number of halogens is 1. The maximum atomic E-state index is 12.7. The Labute approximate surface area is 157 Å². The lowest BCUT2D eigenvalue weighted by atomic mass is 10.1. The van der Waals surface area contributed by atoms with Crippen molar-refractivity contribution in [3.05, 3.63) is 59.1 Å². The van der Waals surface area contributed by atoms with Gasteiger partial charge in [0.1, 0.15) is 0 Å². The number of amides is 1. The van der Waals surface area contributed by atoms with Gasteiger partial charge in [0.05, 0.1) is 11.4 Å². The largest absolute Gasteiger partial charge is 0.325 e. The highest BCUT2D eigenvalue weighted by atomic mass is 35.5. The van der Waals surface area contributed by atoms with Crippen LogP contribution >= 0.6 is 11.6 Å². The van der Waals surface area contributed by atoms with Crippen LogP contribution in [0.25, 0.3) is 0 Å². The van der Waals surface area contributed by atoms with Crippen molar-refractivity contribution in [2.24, 2.45) is 0 Å². The van der Waals surface area contributed by atoms with Gasteiger partial charge in [0, 0.05) is 22.8 Å². The van der Waals surface area contributed by atoms with Gasteiger partial charge < -0.3 is 5.32 Å². The molecule has 1 amide bonds. The van der Waals surface area contributed by atoms with Crippen molar-refractivity contribution in [3.8, 4) is 0 Å². The summed E-state index contributed by atoms with van der Waals surface area (Å²) in [4.78, 5) is 23.7. The molecule has 8 heteroatoms. The van der Waals surface area contributed by atoms with Crippen LogP contribution in [0.5, 0.6) is 0 Å². The SMILES string of the molecule is CCN(CC(=O)Nc1cccc(C(C)=O)c1)S(=O)(=O)c1ccc(Cl)cc1. The lowest BCUT2D eigenvalue weighted by Gasteiger charge is -2.20. The highest BCUT2D eigenvalue weighted by Crippen LogP contribution is 2.18. The van der Waals surface area contributed by atoms with Crippen molar-refractivity contribution in [1.82, 2.24) is 4.31 Å². The van der Waals surface area contributed by atoms with E-state index >= 15 is 0 Å². The van der Waals surface area contributed by atoms with E-state index in [2.05, 4.69) is 5.32 Å². The maximum Gasteiger partial charge on any atom is 0.243 e. The minimum absolute atomic E-state index is 0.0649. The zero-order chi connectivity index (χ0) is 19.3. The molecular formula is C18H19ClN2O4S. The quantitative estimate of drug-likeness (QED) is 0.731. The fourth-order valence-corrected chi connectivity index (χ4v) is 3.83. The second kappa shape index (κ2) is 8.44. The number of nitrogens with zero attached hydrogens (tertiary/aromatic N) is 1. The Hall–Kier alpha value is -2.22. The van der Waals surface area contributed by atoms with E-state index in [-0.39, 0.29) is 23.8 Å². The first kappa shape index (κ1) is 20.1. The summed E-state index contributed by atoms with van der Waals surface area (Å²) in [5.74, 6) is -0.619. The van der Waals surface area contributed by atoms with Crippen LogP contribution in [0.3, 0.4) is 0 Å². The molecule has 0 saturated carbocycles. The molecule has 1 N–H and O–H groups in total. The van der Waals surface area contributed by atoms with Gasteiger partial charge in [0.15, 0.2) is 5.78 Å². The number of Topliss-reactive ketones (excluding diaryl/α,β-unsaturated/α-hetero) is 1. The summed E-state index contributed by atoms with van der Waals surface area (Å²) in [6.45, 7) is 2.87. The average Bonchev–Trinajstić information content (AvgIpc) is 2.60. The molecule has 0 radical (unpaired) electrons. The van der Waals surface area contributed by atoms with E-state index in [4.69, 9.17) is 11.6 Å². The van der Waals surface area contributed by atoms with Crippen molar-refractivity contribution in [1.29, 1.82) is 0 Å². The van der Waals surface area contributed by atoms with E-state index in [1.807, 2.05) is 0 Å². The smallest absolute Gasteiger partial charge is 0.243 e. The molecule has 0 aliphatic heterocycles. The molecule has 0 fully saturated rings. The molecule has 0 aliphatic rings. The Bertz CT molecular complexity index is 911. The molecule has 6 nitrogen and oxygen atoms in total. The molecule has 0 atom stereocenters. The number of hydrogen-bond donors (Lipinski definition) is 1. The second-order valence-electron chi connectivity index (χ2n) is 5.57. The van der Waals surface area contributed by atoms with Gasteiger partial charge in [-0.2, -0.15) is 4.31 Å². The Kier molecular flexibility index (Phi) is 6.52. The molecule has 0 aromatic heterocycles. The third-order valence-electron chi connectivity index (χ3n) is 3.68. The van der Waals surface area contributed by atoms with Gasteiger partial charge in [-0.3, -0.25) is 9.59 Å². The monoisotopic (exact) mass is 394 g/mol. The predicted molar refractivity (Wildman–Crippen MR) is 101 cm³/mol. The minimum atomic E-state index is -3.82. The molecule has 0 aliphatic carbocycles. The zero-order valence-electron chi connectivity index (χ0n) is 14.4. The molecule has 0 spiro atoms. The van der Waals surface area contributed by atoms with Gasteiger partial charge in [0.2, 0.25) is 15.9 Å². The number of carbonyl (C=O) groups excluding carboxylic acids is 2. The number of carbonyl (C=O) groups is 2. The minimum Gasteiger partial charge on any atom is -0.325 e. The van der Waals surface area contributed by atoms with Crippen LogP contribution in [0.4, 0.5) is 5.69 Å². The summed E-state index contributed by atoms with van der Waals surface area (Å²) < 4.78 is 26.4. The first-order chi connectivity index (χ1) is 12.2. The average molecular weight is 395 g/mol. The van der Waals surface area contributed by atoms with Crippen molar-refractivity contribution in [2.45, 2.75) is 18.7 Å².